The Balaban J connectivity index is 1.52. The van der Waals surface area contributed by atoms with E-state index in [2.05, 4.69) is 25.4 Å². The van der Waals surface area contributed by atoms with Gasteiger partial charge in [-0.3, -0.25) is 9.89 Å². The van der Waals surface area contributed by atoms with Gasteiger partial charge in [0.05, 0.1) is 5.69 Å². The van der Waals surface area contributed by atoms with Crippen LogP contribution in [0.1, 0.15) is 54.2 Å². The van der Waals surface area contributed by atoms with E-state index in [0.29, 0.717) is 11.6 Å². The van der Waals surface area contributed by atoms with Crippen molar-refractivity contribution >= 4 is 17.4 Å². The Morgan fingerprint density at radius 1 is 1.26 bits per heavy atom. The van der Waals surface area contributed by atoms with Crippen LogP contribution in [0.5, 0.6) is 0 Å². The molecule has 4 rings (SSSR count). The van der Waals surface area contributed by atoms with E-state index in [1.807, 2.05) is 18.2 Å². The Hall–Kier alpha value is -2.37. The van der Waals surface area contributed by atoms with Gasteiger partial charge in [0.2, 0.25) is 0 Å². The van der Waals surface area contributed by atoms with Gasteiger partial charge < -0.3 is 10.2 Å². The van der Waals surface area contributed by atoms with Crippen molar-refractivity contribution in [3.63, 3.8) is 0 Å². The van der Waals surface area contributed by atoms with E-state index in [9.17, 15) is 4.79 Å². The molecule has 0 unspecified atom stereocenters. The third kappa shape index (κ3) is 3.06. The molecule has 1 aliphatic carbocycles. The van der Waals surface area contributed by atoms with E-state index in [4.69, 9.17) is 0 Å². The smallest absolute Gasteiger partial charge is 0.276 e. The minimum Gasteiger partial charge on any atom is -0.355 e. The molecule has 0 aromatic carbocycles. The number of aromatic amines is 1. The number of rotatable bonds is 4. The fourth-order valence-corrected chi connectivity index (χ4v) is 3.10. The molecular formula is C17H21N5O. The maximum absolute atomic E-state index is 12.5. The molecule has 1 aliphatic heterocycles. The highest BCUT2D eigenvalue weighted by atomic mass is 16.1. The molecule has 2 aromatic rings. The second-order valence-corrected chi connectivity index (χ2v) is 6.36. The summed E-state index contributed by atoms with van der Waals surface area (Å²) in [7, 11) is 0. The van der Waals surface area contributed by atoms with Crippen molar-refractivity contribution in [3.05, 3.63) is 35.8 Å². The van der Waals surface area contributed by atoms with Crippen LogP contribution in [-0.2, 0) is 0 Å². The first-order valence-electron chi connectivity index (χ1n) is 8.38. The summed E-state index contributed by atoms with van der Waals surface area (Å²) in [5.74, 6) is 1.24. The molecule has 0 spiro atoms. The molecule has 2 aromatic heterocycles. The molecule has 23 heavy (non-hydrogen) atoms. The van der Waals surface area contributed by atoms with Crippen molar-refractivity contribution in [3.8, 4) is 0 Å². The standard InChI is InChI=1S/C17H21N5O/c23-17(15-11-14(20-21-15)12-6-7-12)19-13-5-4-8-18-16(13)22-9-2-1-3-10-22/h4-5,8,11-12H,1-3,6-7,9-10H2,(H,19,23)(H,20,21). The lowest BCUT2D eigenvalue weighted by atomic mass is 10.1. The van der Waals surface area contributed by atoms with E-state index in [1.54, 1.807) is 6.20 Å². The quantitative estimate of drug-likeness (QED) is 0.910. The third-order valence-corrected chi connectivity index (χ3v) is 4.54. The Kier molecular flexibility index (Phi) is 3.73. The average molecular weight is 311 g/mol. The van der Waals surface area contributed by atoms with Gasteiger partial charge >= 0.3 is 0 Å². The normalized spacial score (nSPS) is 18.0. The largest absolute Gasteiger partial charge is 0.355 e. The minimum absolute atomic E-state index is 0.181. The average Bonchev–Trinajstić information content (AvgIpc) is 3.33. The molecule has 2 fully saturated rings. The Bertz CT molecular complexity index is 701. The van der Waals surface area contributed by atoms with Crippen LogP contribution < -0.4 is 10.2 Å². The SMILES string of the molecule is O=C(Nc1cccnc1N1CCCCC1)c1cc(C2CC2)[nH]n1. The summed E-state index contributed by atoms with van der Waals surface area (Å²) >= 11 is 0. The molecule has 0 radical (unpaired) electrons. The van der Waals surface area contributed by atoms with Crippen molar-refractivity contribution in [1.29, 1.82) is 0 Å². The summed E-state index contributed by atoms with van der Waals surface area (Å²) in [6.45, 7) is 1.99. The number of hydrogen-bond donors (Lipinski definition) is 2. The molecule has 0 bridgehead atoms. The summed E-state index contributed by atoms with van der Waals surface area (Å²) < 4.78 is 0. The number of carbonyl (C=O) groups is 1. The highest BCUT2D eigenvalue weighted by Crippen LogP contribution is 2.39. The van der Waals surface area contributed by atoms with Crippen LogP contribution in [0.4, 0.5) is 11.5 Å². The first-order valence-corrected chi connectivity index (χ1v) is 8.38. The first-order chi connectivity index (χ1) is 11.3. The van der Waals surface area contributed by atoms with Gasteiger partial charge in [-0.1, -0.05) is 0 Å². The van der Waals surface area contributed by atoms with Gasteiger partial charge in [0.25, 0.3) is 5.91 Å². The number of H-pyrrole nitrogens is 1. The van der Waals surface area contributed by atoms with Gasteiger partial charge in [0, 0.05) is 30.9 Å². The second-order valence-electron chi connectivity index (χ2n) is 6.36. The van der Waals surface area contributed by atoms with Crippen molar-refractivity contribution in [1.82, 2.24) is 15.2 Å². The van der Waals surface area contributed by atoms with Gasteiger partial charge in [0.1, 0.15) is 0 Å². The summed E-state index contributed by atoms with van der Waals surface area (Å²) in [6.07, 6.45) is 7.76. The van der Waals surface area contributed by atoms with Crippen molar-refractivity contribution in [2.45, 2.75) is 38.0 Å². The van der Waals surface area contributed by atoms with E-state index >= 15 is 0 Å². The number of anilines is 2. The van der Waals surface area contributed by atoms with Crippen LogP contribution in [0.2, 0.25) is 0 Å². The molecule has 0 atom stereocenters. The lowest BCUT2D eigenvalue weighted by Crippen LogP contribution is -2.31. The second kappa shape index (κ2) is 6.02. The highest BCUT2D eigenvalue weighted by Gasteiger charge is 2.26. The first kappa shape index (κ1) is 14.2. The monoisotopic (exact) mass is 311 g/mol. The third-order valence-electron chi connectivity index (χ3n) is 4.54. The summed E-state index contributed by atoms with van der Waals surface area (Å²) in [5.41, 5.74) is 2.27. The summed E-state index contributed by atoms with van der Waals surface area (Å²) in [4.78, 5) is 19.2. The fraction of sp³-hybridized carbons (Fsp3) is 0.471. The number of aromatic nitrogens is 3. The zero-order valence-electron chi connectivity index (χ0n) is 13.1. The van der Waals surface area contributed by atoms with Gasteiger partial charge in [-0.2, -0.15) is 5.10 Å². The van der Waals surface area contributed by atoms with Crippen LogP contribution >= 0.6 is 0 Å². The predicted molar refractivity (Wildman–Crippen MR) is 88.8 cm³/mol. The molecule has 6 heteroatoms. The van der Waals surface area contributed by atoms with Gasteiger partial charge in [0.15, 0.2) is 11.5 Å². The van der Waals surface area contributed by atoms with E-state index in [1.165, 1.54) is 32.1 Å². The Labute approximate surface area is 135 Å². The van der Waals surface area contributed by atoms with Crippen molar-refractivity contribution in [2.75, 3.05) is 23.3 Å². The number of amides is 1. The van der Waals surface area contributed by atoms with Gasteiger partial charge in [-0.15, -0.1) is 0 Å². The zero-order valence-corrected chi connectivity index (χ0v) is 13.1. The number of nitrogens with zero attached hydrogens (tertiary/aromatic N) is 3. The molecule has 6 nitrogen and oxygen atoms in total. The number of nitrogens with one attached hydrogen (secondary N) is 2. The lowest BCUT2D eigenvalue weighted by molar-refractivity contribution is 0.102. The molecule has 1 amide bonds. The van der Waals surface area contributed by atoms with E-state index < -0.39 is 0 Å². The summed E-state index contributed by atoms with van der Waals surface area (Å²) in [5, 5.41) is 10.1. The number of pyridine rings is 1. The van der Waals surface area contributed by atoms with Crippen LogP contribution in [0, 0.1) is 0 Å². The maximum Gasteiger partial charge on any atom is 0.276 e. The van der Waals surface area contributed by atoms with Gasteiger partial charge in [-0.25, -0.2) is 4.98 Å². The highest BCUT2D eigenvalue weighted by molar-refractivity contribution is 6.04. The zero-order chi connectivity index (χ0) is 15.6. The van der Waals surface area contributed by atoms with Crippen LogP contribution in [0.15, 0.2) is 24.4 Å². The molecule has 1 saturated carbocycles. The minimum atomic E-state index is -0.181. The number of carbonyl (C=O) groups excluding carboxylic acids is 1. The van der Waals surface area contributed by atoms with Crippen LogP contribution in [0.3, 0.4) is 0 Å². The molecule has 120 valence electrons. The molecule has 1 saturated heterocycles. The predicted octanol–water partition coefficient (Wildman–Crippen LogP) is 2.92. The van der Waals surface area contributed by atoms with E-state index in [0.717, 1.165) is 30.3 Å². The topological polar surface area (TPSA) is 73.9 Å². The van der Waals surface area contributed by atoms with E-state index in [-0.39, 0.29) is 5.91 Å². The molecule has 3 heterocycles. The van der Waals surface area contributed by atoms with Gasteiger partial charge in [-0.05, 0) is 50.3 Å². The van der Waals surface area contributed by atoms with Crippen LogP contribution in [-0.4, -0.2) is 34.2 Å². The Morgan fingerprint density at radius 2 is 2.09 bits per heavy atom. The number of piperidine rings is 1. The number of hydrogen-bond acceptors (Lipinski definition) is 4. The fourth-order valence-electron chi connectivity index (χ4n) is 3.10. The molecular weight excluding hydrogens is 290 g/mol. The Morgan fingerprint density at radius 3 is 2.87 bits per heavy atom. The summed E-state index contributed by atoms with van der Waals surface area (Å²) in [6, 6.07) is 5.62. The van der Waals surface area contributed by atoms with Crippen molar-refractivity contribution in [2.24, 2.45) is 0 Å². The molecule has 2 N–H and O–H groups in total. The van der Waals surface area contributed by atoms with Crippen molar-refractivity contribution < 1.29 is 4.79 Å². The van der Waals surface area contributed by atoms with Crippen LogP contribution in [0.25, 0.3) is 0 Å². The maximum atomic E-state index is 12.5. The molecule has 2 aliphatic rings. The lowest BCUT2D eigenvalue weighted by Gasteiger charge is -2.29.